The van der Waals surface area contributed by atoms with Gasteiger partial charge in [0.15, 0.2) is 0 Å². The van der Waals surface area contributed by atoms with Crippen LogP contribution in [-0.2, 0) is 32.6 Å². The molecule has 0 bridgehead atoms. The minimum Gasteiger partial charge on any atom is -0.352 e. The van der Waals surface area contributed by atoms with Gasteiger partial charge in [-0.2, -0.15) is 0 Å². The summed E-state index contributed by atoms with van der Waals surface area (Å²) in [6.07, 6.45) is 0.871. The summed E-state index contributed by atoms with van der Waals surface area (Å²) in [5.74, 6) is -0.952. The Morgan fingerprint density at radius 2 is 1.43 bits per heavy atom. The molecule has 46 heavy (non-hydrogen) atoms. The zero-order chi connectivity index (χ0) is 33.4. The number of hydrogen-bond donors (Lipinski definition) is 1. The molecule has 2 atom stereocenters. The highest BCUT2D eigenvalue weighted by Crippen LogP contribution is 2.29. The van der Waals surface area contributed by atoms with Crippen molar-refractivity contribution >= 4 is 50.7 Å². The van der Waals surface area contributed by atoms with Crippen molar-refractivity contribution in [3.05, 3.63) is 129 Å². The number of carbonyl (C=O) groups excluding carboxylic acids is 2. The van der Waals surface area contributed by atoms with Crippen LogP contribution >= 0.6 is 23.2 Å². The first-order valence-electron chi connectivity index (χ1n) is 15.1. The van der Waals surface area contributed by atoms with Crippen LogP contribution in [-0.4, -0.2) is 43.8 Å². The normalized spacial score (nSPS) is 12.7. The summed E-state index contributed by atoms with van der Waals surface area (Å²) >= 11 is 13.2. The van der Waals surface area contributed by atoms with Crippen LogP contribution in [0.5, 0.6) is 0 Å². The van der Waals surface area contributed by atoms with Gasteiger partial charge in [-0.25, -0.2) is 8.42 Å². The van der Waals surface area contributed by atoms with Gasteiger partial charge in [0.2, 0.25) is 11.8 Å². The largest absolute Gasteiger partial charge is 0.352 e. The van der Waals surface area contributed by atoms with Crippen LogP contribution in [0.15, 0.2) is 102 Å². The number of carbonyl (C=O) groups is 2. The predicted octanol–water partition coefficient (Wildman–Crippen LogP) is 7.36. The van der Waals surface area contributed by atoms with Crippen molar-refractivity contribution in [2.45, 2.75) is 64.1 Å². The number of benzene rings is 4. The molecule has 0 aliphatic carbocycles. The van der Waals surface area contributed by atoms with Crippen LogP contribution in [0.1, 0.15) is 42.5 Å². The number of aryl methyl sites for hydroxylation is 2. The highest BCUT2D eigenvalue weighted by Gasteiger charge is 2.35. The van der Waals surface area contributed by atoms with E-state index in [0.717, 1.165) is 21.0 Å². The Morgan fingerprint density at radius 3 is 2.02 bits per heavy atom. The van der Waals surface area contributed by atoms with E-state index >= 15 is 0 Å². The third-order valence-electron chi connectivity index (χ3n) is 8.05. The number of halogens is 2. The van der Waals surface area contributed by atoms with Crippen LogP contribution in [0, 0.1) is 13.8 Å². The molecular weight excluding hydrogens is 641 g/mol. The SMILES string of the molecule is CC[C@@H](C)NC(=O)[C@@H](Cc1ccccc1)N(Cc1c(Cl)cccc1Cl)C(=O)CN(c1ccc(C)c(C)c1)S(=O)(=O)c1ccccc1. The van der Waals surface area contributed by atoms with E-state index in [0.29, 0.717) is 27.7 Å². The van der Waals surface area contributed by atoms with Crippen LogP contribution in [0.25, 0.3) is 0 Å². The van der Waals surface area contributed by atoms with E-state index in [4.69, 9.17) is 23.2 Å². The maximum Gasteiger partial charge on any atom is 0.264 e. The molecule has 0 heterocycles. The molecule has 0 aliphatic heterocycles. The first kappa shape index (κ1) is 35.0. The number of amides is 2. The molecule has 10 heteroatoms. The monoisotopic (exact) mass is 679 g/mol. The first-order valence-corrected chi connectivity index (χ1v) is 17.3. The zero-order valence-electron chi connectivity index (χ0n) is 26.4. The van der Waals surface area contributed by atoms with Crippen molar-refractivity contribution < 1.29 is 18.0 Å². The van der Waals surface area contributed by atoms with Crippen molar-refractivity contribution in [2.24, 2.45) is 0 Å². The van der Waals surface area contributed by atoms with E-state index in [1.165, 1.54) is 17.0 Å². The van der Waals surface area contributed by atoms with Crippen LogP contribution < -0.4 is 9.62 Å². The second-order valence-corrected chi connectivity index (χ2v) is 14.0. The van der Waals surface area contributed by atoms with Crippen LogP contribution in [0.2, 0.25) is 10.0 Å². The van der Waals surface area contributed by atoms with E-state index in [9.17, 15) is 18.0 Å². The fraction of sp³-hybridized carbons (Fsp3) is 0.278. The van der Waals surface area contributed by atoms with Gasteiger partial charge < -0.3 is 10.2 Å². The number of sulfonamides is 1. The Morgan fingerprint density at radius 1 is 0.826 bits per heavy atom. The maximum absolute atomic E-state index is 14.6. The topological polar surface area (TPSA) is 86.8 Å². The van der Waals surface area contributed by atoms with Crippen molar-refractivity contribution in [3.8, 4) is 0 Å². The molecule has 4 aromatic carbocycles. The molecule has 2 amide bonds. The molecule has 0 fully saturated rings. The molecule has 0 unspecified atom stereocenters. The highest BCUT2D eigenvalue weighted by molar-refractivity contribution is 7.92. The Hall–Kier alpha value is -3.85. The fourth-order valence-electron chi connectivity index (χ4n) is 4.98. The second kappa shape index (κ2) is 15.6. The minimum absolute atomic E-state index is 0.0390. The summed E-state index contributed by atoms with van der Waals surface area (Å²) in [6, 6.07) is 26.5. The summed E-state index contributed by atoms with van der Waals surface area (Å²) < 4.78 is 29.4. The minimum atomic E-state index is -4.20. The van der Waals surface area contributed by atoms with Crippen molar-refractivity contribution in [3.63, 3.8) is 0 Å². The standard InChI is InChI=1S/C36H39Cl2N3O4S/c1-5-27(4)39-36(43)34(22-28-13-8-6-9-14-28)40(23-31-32(37)17-12-18-33(31)38)35(42)24-41(29-20-19-25(2)26(3)21-29)46(44,45)30-15-10-7-11-16-30/h6-21,27,34H,5,22-24H2,1-4H3,(H,39,43)/t27-,34-/m1/s1. The van der Waals surface area contributed by atoms with Gasteiger partial charge in [-0.3, -0.25) is 13.9 Å². The van der Waals surface area contributed by atoms with E-state index in [1.54, 1.807) is 48.5 Å². The van der Waals surface area contributed by atoms with Crippen molar-refractivity contribution in [1.29, 1.82) is 0 Å². The smallest absolute Gasteiger partial charge is 0.264 e. The summed E-state index contributed by atoms with van der Waals surface area (Å²) in [5.41, 5.74) is 3.47. The highest BCUT2D eigenvalue weighted by atomic mass is 35.5. The molecule has 0 saturated carbocycles. The average molecular weight is 681 g/mol. The molecule has 1 N–H and O–H groups in total. The molecule has 4 rings (SSSR count). The quantitative estimate of drug-likeness (QED) is 0.160. The lowest BCUT2D eigenvalue weighted by atomic mass is 10.0. The van der Waals surface area contributed by atoms with E-state index in [1.807, 2.05) is 64.1 Å². The molecule has 242 valence electrons. The number of nitrogens with zero attached hydrogens (tertiary/aromatic N) is 2. The van der Waals surface area contributed by atoms with E-state index in [-0.39, 0.29) is 29.8 Å². The van der Waals surface area contributed by atoms with Gasteiger partial charge in [-0.15, -0.1) is 0 Å². The lowest BCUT2D eigenvalue weighted by Crippen LogP contribution is -2.54. The van der Waals surface area contributed by atoms with Gasteiger partial charge in [-0.05, 0) is 80.3 Å². The lowest BCUT2D eigenvalue weighted by Gasteiger charge is -2.34. The fourth-order valence-corrected chi connectivity index (χ4v) is 6.92. The Kier molecular flexibility index (Phi) is 11.9. The molecule has 0 aromatic heterocycles. The van der Waals surface area contributed by atoms with Gasteiger partial charge in [0, 0.05) is 34.6 Å². The Labute approximate surface area is 282 Å². The molecule has 0 spiro atoms. The summed E-state index contributed by atoms with van der Waals surface area (Å²) in [7, 11) is -4.20. The van der Waals surface area contributed by atoms with Gasteiger partial charge in [0.25, 0.3) is 10.0 Å². The van der Waals surface area contributed by atoms with Gasteiger partial charge >= 0.3 is 0 Å². The lowest BCUT2D eigenvalue weighted by molar-refractivity contribution is -0.140. The molecule has 0 radical (unpaired) electrons. The molecule has 4 aromatic rings. The number of hydrogen-bond acceptors (Lipinski definition) is 4. The van der Waals surface area contributed by atoms with E-state index in [2.05, 4.69) is 5.32 Å². The van der Waals surface area contributed by atoms with Gasteiger partial charge in [-0.1, -0.05) is 90.8 Å². The first-order chi connectivity index (χ1) is 21.9. The maximum atomic E-state index is 14.6. The number of anilines is 1. The summed E-state index contributed by atoms with van der Waals surface area (Å²) in [5, 5.41) is 3.68. The number of nitrogens with one attached hydrogen (secondary N) is 1. The zero-order valence-corrected chi connectivity index (χ0v) is 28.7. The molecule has 0 saturated heterocycles. The average Bonchev–Trinajstić information content (AvgIpc) is 3.04. The predicted molar refractivity (Wildman–Crippen MR) is 186 cm³/mol. The third-order valence-corrected chi connectivity index (χ3v) is 10.5. The van der Waals surface area contributed by atoms with Crippen LogP contribution in [0.4, 0.5) is 5.69 Å². The molecule has 7 nitrogen and oxygen atoms in total. The number of rotatable bonds is 13. The Balaban J connectivity index is 1.85. The Bertz CT molecular complexity index is 1750. The van der Waals surface area contributed by atoms with E-state index < -0.39 is 28.5 Å². The van der Waals surface area contributed by atoms with Crippen LogP contribution in [0.3, 0.4) is 0 Å². The van der Waals surface area contributed by atoms with Gasteiger partial charge in [0.05, 0.1) is 10.6 Å². The summed E-state index contributed by atoms with van der Waals surface area (Å²) in [4.78, 5) is 30.0. The molecular formula is C36H39Cl2N3O4S. The summed E-state index contributed by atoms with van der Waals surface area (Å²) in [6.45, 7) is 6.98. The third kappa shape index (κ3) is 8.49. The van der Waals surface area contributed by atoms with Crippen molar-refractivity contribution in [1.82, 2.24) is 10.2 Å². The van der Waals surface area contributed by atoms with Crippen molar-refractivity contribution in [2.75, 3.05) is 10.8 Å². The molecule has 0 aliphatic rings. The van der Waals surface area contributed by atoms with Gasteiger partial charge in [0.1, 0.15) is 12.6 Å². The second-order valence-electron chi connectivity index (χ2n) is 11.3.